The number of hydrogen-bond donors (Lipinski definition) is 2. The summed E-state index contributed by atoms with van der Waals surface area (Å²) in [5, 5.41) is 2.99. The van der Waals surface area contributed by atoms with Gasteiger partial charge in [-0.2, -0.15) is 0 Å². The second kappa shape index (κ2) is 7.71. The third-order valence-corrected chi connectivity index (χ3v) is 4.72. The van der Waals surface area contributed by atoms with Crippen molar-refractivity contribution in [3.8, 4) is 0 Å². The molecule has 0 saturated heterocycles. The molecular weight excluding hydrogens is 279 g/mol. The van der Waals surface area contributed by atoms with Gasteiger partial charge in [0.1, 0.15) is 5.82 Å². The van der Waals surface area contributed by atoms with Crippen molar-refractivity contribution < 1.29 is 12.8 Å². The average molecular weight is 302 g/mol. The minimum Gasteiger partial charge on any atom is -0.313 e. The van der Waals surface area contributed by atoms with Crippen molar-refractivity contribution >= 4 is 10.0 Å². The molecule has 4 nitrogen and oxygen atoms in total. The van der Waals surface area contributed by atoms with E-state index in [1.54, 1.807) is 0 Å². The highest BCUT2D eigenvalue weighted by atomic mass is 32.2. The van der Waals surface area contributed by atoms with Crippen molar-refractivity contribution in [1.29, 1.82) is 0 Å². The second-order valence-corrected chi connectivity index (χ2v) is 6.38. The van der Waals surface area contributed by atoms with Crippen LogP contribution in [0.25, 0.3) is 0 Å². The van der Waals surface area contributed by atoms with Gasteiger partial charge in [-0.05, 0) is 37.6 Å². The summed E-state index contributed by atoms with van der Waals surface area (Å²) in [6, 6.07) is 3.80. The van der Waals surface area contributed by atoms with Gasteiger partial charge < -0.3 is 5.32 Å². The fraction of sp³-hybridized carbons (Fsp3) is 0.571. The van der Waals surface area contributed by atoms with Crippen LogP contribution in [0, 0.1) is 5.82 Å². The van der Waals surface area contributed by atoms with E-state index in [9.17, 15) is 12.8 Å². The molecule has 0 aliphatic carbocycles. The Kier molecular flexibility index (Phi) is 6.58. The monoisotopic (exact) mass is 302 g/mol. The average Bonchev–Trinajstić information content (AvgIpc) is 2.43. The Morgan fingerprint density at radius 1 is 1.20 bits per heavy atom. The van der Waals surface area contributed by atoms with E-state index < -0.39 is 15.8 Å². The van der Waals surface area contributed by atoms with Gasteiger partial charge in [0.05, 0.1) is 4.90 Å². The van der Waals surface area contributed by atoms with Crippen molar-refractivity contribution in [2.75, 3.05) is 6.54 Å². The topological polar surface area (TPSA) is 58.2 Å². The lowest BCUT2D eigenvalue weighted by Crippen LogP contribution is -2.34. The first-order chi connectivity index (χ1) is 9.44. The summed E-state index contributed by atoms with van der Waals surface area (Å²) in [6.45, 7) is 6.78. The summed E-state index contributed by atoms with van der Waals surface area (Å²) in [5.41, 5.74) is 0.360. The van der Waals surface area contributed by atoms with E-state index in [0.717, 1.165) is 12.8 Å². The van der Waals surface area contributed by atoms with Crippen molar-refractivity contribution in [2.45, 2.75) is 51.1 Å². The van der Waals surface area contributed by atoms with Gasteiger partial charge in [-0.1, -0.05) is 20.8 Å². The summed E-state index contributed by atoms with van der Waals surface area (Å²) >= 11 is 0. The molecule has 0 fully saturated rings. The molecule has 0 radical (unpaired) electrons. The van der Waals surface area contributed by atoms with Gasteiger partial charge in [-0.25, -0.2) is 17.5 Å². The first kappa shape index (κ1) is 17.1. The highest BCUT2D eigenvalue weighted by Crippen LogP contribution is 2.16. The summed E-state index contributed by atoms with van der Waals surface area (Å²) in [7, 11) is -3.59. The zero-order chi connectivity index (χ0) is 15.2. The van der Waals surface area contributed by atoms with Crippen LogP contribution in [0.15, 0.2) is 23.1 Å². The number of halogens is 1. The first-order valence-corrected chi connectivity index (χ1v) is 8.44. The third kappa shape index (κ3) is 4.54. The van der Waals surface area contributed by atoms with Crippen LogP contribution in [0.5, 0.6) is 0 Å². The molecule has 20 heavy (non-hydrogen) atoms. The quantitative estimate of drug-likeness (QED) is 0.775. The lowest BCUT2D eigenvalue weighted by atomic mass is 10.2. The smallest absolute Gasteiger partial charge is 0.240 e. The summed E-state index contributed by atoms with van der Waals surface area (Å²) < 4.78 is 40.7. The van der Waals surface area contributed by atoms with Gasteiger partial charge >= 0.3 is 0 Å². The Balaban J connectivity index is 3.00. The number of nitrogens with one attached hydrogen (secondary N) is 2. The van der Waals surface area contributed by atoms with E-state index in [4.69, 9.17) is 0 Å². The fourth-order valence-electron chi connectivity index (χ4n) is 1.86. The second-order valence-electron chi connectivity index (χ2n) is 4.67. The van der Waals surface area contributed by atoms with Crippen molar-refractivity contribution in [3.05, 3.63) is 29.6 Å². The maximum Gasteiger partial charge on any atom is 0.240 e. The zero-order valence-corrected chi connectivity index (χ0v) is 13.1. The van der Waals surface area contributed by atoms with E-state index in [2.05, 4.69) is 10.0 Å². The van der Waals surface area contributed by atoms with Crippen LogP contribution >= 0.6 is 0 Å². The Labute approximate surface area is 120 Å². The van der Waals surface area contributed by atoms with E-state index in [0.29, 0.717) is 18.7 Å². The molecule has 114 valence electrons. The van der Waals surface area contributed by atoms with Crippen LogP contribution < -0.4 is 10.0 Å². The Hall–Kier alpha value is -0.980. The first-order valence-electron chi connectivity index (χ1n) is 6.96. The van der Waals surface area contributed by atoms with E-state index in [-0.39, 0.29) is 10.9 Å². The number of hydrogen-bond acceptors (Lipinski definition) is 3. The van der Waals surface area contributed by atoms with Gasteiger partial charge in [0.25, 0.3) is 0 Å². The molecule has 0 aromatic heterocycles. The number of sulfonamides is 1. The molecule has 0 atom stereocenters. The maximum atomic E-state index is 13.6. The van der Waals surface area contributed by atoms with Gasteiger partial charge in [0.2, 0.25) is 10.0 Å². The Morgan fingerprint density at radius 3 is 2.40 bits per heavy atom. The van der Waals surface area contributed by atoms with Crippen molar-refractivity contribution in [1.82, 2.24) is 10.0 Å². The van der Waals surface area contributed by atoms with Crippen molar-refractivity contribution in [2.24, 2.45) is 0 Å². The SMILES string of the molecule is CCNCc1cc(S(=O)(=O)NC(CC)CC)ccc1F. The van der Waals surface area contributed by atoms with Gasteiger partial charge in [-0.15, -0.1) is 0 Å². The van der Waals surface area contributed by atoms with E-state index in [1.165, 1.54) is 18.2 Å². The molecule has 0 unspecified atom stereocenters. The molecule has 0 aliphatic heterocycles. The molecule has 0 bridgehead atoms. The van der Waals surface area contributed by atoms with Crippen LogP contribution in [0.4, 0.5) is 4.39 Å². The minimum absolute atomic E-state index is 0.0951. The third-order valence-electron chi connectivity index (χ3n) is 3.20. The van der Waals surface area contributed by atoms with Crippen LogP contribution in [-0.4, -0.2) is 21.0 Å². The molecule has 0 saturated carbocycles. The highest BCUT2D eigenvalue weighted by molar-refractivity contribution is 7.89. The molecule has 0 amide bonds. The summed E-state index contributed by atoms with van der Waals surface area (Å²) in [5.74, 6) is -0.396. The van der Waals surface area contributed by atoms with Gasteiger partial charge in [-0.3, -0.25) is 0 Å². The fourth-order valence-corrected chi connectivity index (χ4v) is 3.31. The molecular formula is C14H23FN2O2S. The molecule has 1 rings (SSSR count). The number of rotatable bonds is 8. The Bertz CT molecular complexity index is 528. The standard InChI is InChI=1S/C14H23FN2O2S/c1-4-12(5-2)17-20(18,19)13-7-8-14(15)11(9-13)10-16-6-3/h7-9,12,16-17H,4-6,10H2,1-3H3. The highest BCUT2D eigenvalue weighted by Gasteiger charge is 2.19. The van der Waals surface area contributed by atoms with Crippen LogP contribution in [-0.2, 0) is 16.6 Å². The predicted molar refractivity (Wildman–Crippen MR) is 78.5 cm³/mol. The van der Waals surface area contributed by atoms with E-state index in [1.807, 2.05) is 20.8 Å². The zero-order valence-electron chi connectivity index (χ0n) is 12.2. The predicted octanol–water partition coefficient (Wildman–Crippen LogP) is 2.40. The summed E-state index contributed by atoms with van der Waals surface area (Å²) in [4.78, 5) is 0.110. The van der Waals surface area contributed by atoms with Gasteiger partial charge in [0, 0.05) is 18.2 Å². The van der Waals surface area contributed by atoms with E-state index >= 15 is 0 Å². The molecule has 2 N–H and O–H groups in total. The molecule has 1 aromatic carbocycles. The summed E-state index contributed by atoms with van der Waals surface area (Å²) in [6.07, 6.45) is 1.45. The number of benzene rings is 1. The molecule has 0 aliphatic rings. The van der Waals surface area contributed by atoms with Crippen LogP contribution in [0.2, 0.25) is 0 Å². The molecule has 1 aromatic rings. The molecule has 6 heteroatoms. The minimum atomic E-state index is -3.59. The maximum absolute atomic E-state index is 13.6. The van der Waals surface area contributed by atoms with Crippen LogP contribution in [0.1, 0.15) is 39.2 Å². The van der Waals surface area contributed by atoms with Crippen LogP contribution in [0.3, 0.4) is 0 Å². The normalized spacial score (nSPS) is 12.1. The molecule has 0 spiro atoms. The lowest BCUT2D eigenvalue weighted by molar-refractivity contribution is 0.529. The largest absolute Gasteiger partial charge is 0.313 e. The van der Waals surface area contributed by atoms with Crippen molar-refractivity contribution in [3.63, 3.8) is 0 Å². The molecule has 0 heterocycles. The lowest BCUT2D eigenvalue weighted by Gasteiger charge is -2.15. The van der Waals surface area contributed by atoms with Gasteiger partial charge in [0.15, 0.2) is 0 Å². The Morgan fingerprint density at radius 2 is 1.85 bits per heavy atom.